The third kappa shape index (κ3) is 25.8. The van der Waals surface area contributed by atoms with Gasteiger partial charge >= 0.3 is 17.9 Å². The van der Waals surface area contributed by atoms with Crippen molar-refractivity contribution >= 4 is 36.3 Å². The van der Waals surface area contributed by atoms with Crippen LogP contribution in [0, 0.1) is 13.8 Å². The fourth-order valence-corrected chi connectivity index (χ4v) is 8.67. The number of aliphatic hydroxyl groups excluding tert-OH is 3. The summed E-state index contributed by atoms with van der Waals surface area (Å²) in [6, 6.07) is 17.5. The fraction of sp³-hybridized carbons (Fsp3) is 0.522. The Bertz CT molecular complexity index is 2880. The van der Waals surface area contributed by atoms with Crippen molar-refractivity contribution in [3.8, 4) is 34.5 Å². The van der Waals surface area contributed by atoms with Crippen molar-refractivity contribution in [2.45, 2.75) is 184 Å². The third-order valence-corrected chi connectivity index (χ3v) is 15.5. The van der Waals surface area contributed by atoms with E-state index in [-0.39, 0.29) is 73.8 Å². The molecule has 502 valence electrons. The molecule has 0 bridgehead atoms. The molecule has 5 fully saturated rings. The second-order valence-corrected chi connectivity index (χ2v) is 22.5. The van der Waals surface area contributed by atoms with E-state index < -0.39 is 85.4 Å². The van der Waals surface area contributed by atoms with Crippen LogP contribution in [0.2, 0.25) is 0 Å². The Morgan fingerprint density at radius 2 is 1.00 bits per heavy atom. The highest BCUT2D eigenvalue weighted by molar-refractivity contribution is 5.88. The van der Waals surface area contributed by atoms with Crippen molar-refractivity contribution < 1.29 is 113 Å². The van der Waals surface area contributed by atoms with E-state index in [0.29, 0.717) is 30.3 Å². The van der Waals surface area contributed by atoms with Crippen LogP contribution in [0.3, 0.4) is 0 Å². The van der Waals surface area contributed by atoms with E-state index in [0.717, 1.165) is 34.4 Å². The number of benzene rings is 4. The molecular weight excluding hydrogens is 1190 g/mol. The molecule has 3 saturated carbocycles. The second-order valence-electron chi connectivity index (χ2n) is 22.5. The maximum Gasteiger partial charge on any atom is 0.331 e. The summed E-state index contributed by atoms with van der Waals surface area (Å²) in [7, 11) is 2.62. The number of aliphatic carboxylic acids is 1. The van der Waals surface area contributed by atoms with E-state index in [4.69, 9.17) is 47.8 Å². The molecule has 0 radical (unpaired) electrons. The standard InChI is InChI=1S/C30H37NO13.C25H30O10.3C4H8/c1-17-3-4-19(13-22(17)34)11-12-41-30-27(39)29(40-2)28(24(43-30)16-42-31-20(15-32)7-9-25(36)37)44-26(38)10-6-18-5-8-21(33)23(35)14-18;1-14-3-4-16(11-18(14)27)9-10-33-25-23(31)24(32-2)22(30)20(35-25)13-34-21(29)8-6-15-5-7-17(26)19(28)12-15;3*1-2-4-3-1/h3-6,8,10,13-15,20,24,27-31,33-35,39H,7,9,11-12,16H2,1-2H3,(H,36,37);3-8,11-12,20,22-28,30-31H,9-10,13H2,1-2H3;3*1-4H2/b10-6+;8-6+;;;/t20-,24-,27-,28+,29+,30+;20-,22+,23-,24-,25+;;;/m00.../s1. The number of aryl methyl sites for hydroxylation is 2. The zero-order chi connectivity index (χ0) is 66.2. The predicted molar refractivity (Wildman–Crippen MR) is 332 cm³/mol. The van der Waals surface area contributed by atoms with Crippen molar-refractivity contribution in [3.05, 3.63) is 118 Å². The van der Waals surface area contributed by atoms with Crippen molar-refractivity contribution in [3.63, 3.8) is 0 Å². The van der Waals surface area contributed by atoms with Gasteiger partial charge in [0, 0.05) is 32.8 Å². The van der Waals surface area contributed by atoms with E-state index in [9.17, 15) is 65.1 Å². The van der Waals surface area contributed by atoms with Crippen LogP contribution in [0.1, 0.15) is 123 Å². The van der Waals surface area contributed by atoms with E-state index in [1.54, 1.807) is 38.1 Å². The molecule has 0 unspecified atom stereocenters. The lowest BCUT2D eigenvalue weighted by Crippen LogP contribution is -2.61. The molecule has 2 heterocycles. The van der Waals surface area contributed by atoms with Crippen LogP contribution in [-0.4, -0.2) is 183 Å². The molecule has 2 saturated heterocycles. The average molecular weight is 1280 g/mol. The minimum atomic E-state index is -1.41. The molecule has 11 N–H and O–H groups in total. The number of phenols is 6. The molecule has 91 heavy (non-hydrogen) atoms. The van der Waals surface area contributed by atoms with Crippen LogP contribution >= 0.6 is 0 Å². The molecule has 2 aliphatic heterocycles. The molecule has 4 aromatic carbocycles. The lowest BCUT2D eigenvalue weighted by atomic mass is 9.98. The van der Waals surface area contributed by atoms with E-state index in [1.807, 2.05) is 12.1 Å². The minimum Gasteiger partial charge on any atom is -0.508 e. The third-order valence-electron chi connectivity index (χ3n) is 15.5. The summed E-state index contributed by atoms with van der Waals surface area (Å²) in [6.07, 6.45) is 12.0. The molecular formula is C67H91NO23. The number of hydroxylamine groups is 1. The number of carbonyl (C=O) groups excluding carboxylic acids is 3. The van der Waals surface area contributed by atoms with Gasteiger partial charge in [0.05, 0.1) is 25.9 Å². The van der Waals surface area contributed by atoms with Crippen LogP contribution in [-0.2, 0) is 74.8 Å². The fourth-order valence-electron chi connectivity index (χ4n) is 8.67. The highest BCUT2D eigenvalue weighted by Gasteiger charge is 2.49. The van der Waals surface area contributed by atoms with Gasteiger partial charge < -0.3 is 93.8 Å². The first kappa shape index (κ1) is 74.5. The van der Waals surface area contributed by atoms with Gasteiger partial charge in [0.25, 0.3) is 0 Å². The molecule has 4 aromatic rings. The number of aromatic hydroxyl groups is 6. The summed E-state index contributed by atoms with van der Waals surface area (Å²) in [5.74, 6) is -3.67. The SMILES string of the molecule is C1CCC1.C1CCC1.C1CCC1.CO[C@@H]1[C@H](O)[C@H](OCCc2ccc(C)c(O)c2)O[C@@H](COC(=O)/C=C/c2ccc(O)c(O)c2)[C@H]1O.CO[C@@H]1[C@H](O)[C@H](OCCc2ccc(C)c(O)c2)O[C@@H](CON[C@H](C=O)CCC(=O)O)[C@H]1OC(=O)/C=C/c1ccc(O)c(O)c1. The van der Waals surface area contributed by atoms with Gasteiger partial charge in [0.1, 0.15) is 67.1 Å². The Hall–Kier alpha value is -7.20. The number of nitrogens with one attached hydrogen (secondary N) is 1. The normalized spacial score (nSPS) is 23.5. The molecule has 9 rings (SSSR count). The first-order valence-corrected chi connectivity index (χ1v) is 30.7. The van der Waals surface area contributed by atoms with Crippen molar-refractivity contribution in [1.29, 1.82) is 0 Å². The Morgan fingerprint density at radius 3 is 1.42 bits per heavy atom. The zero-order valence-electron chi connectivity index (χ0n) is 52.1. The van der Waals surface area contributed by atoms with Crippen LogP contribution < -0.4 is 5.48 Å². The van der Waals surface area contributed by atoms with Crippen molar-refractivity contribution in [2.24, 2.45) is 0 Å². The van der Waals surface area contributed by atoms with Crippen molar-refractivity contribution in [1.82, 2.24) is 5.48 Å². The summed E-state index contributed by atoms with van der Waals surface area (Å²) in [5.41, 5.74) is 6.40. The highest BCUT2D eigenvalue weighted by atomic mass is 16.7. The Kier molecular flexibility index (Phi) is 32.7. The maximum atomic E-state index is 12.8. The van der Waals surface area contributed by atoms with Gasteiger partial charge in [-0.1, -0.05) is 113 Å². The number of aliphatic hydroxyl groups is 3. The summed E-state index contributed by atoms with van der Waals surface area (Å²) >= 11 is 0. The van der Waals surface area contributed by atoms with Crippen LogP contribution in [0.5, 0.6) is 34.5 Å². The number of ether oxygens (including phenoxy) is 8. The smallest absolute Gasteiger partial charge is 0.331 e. The monoisotopic (exact) mass is 1280 g/mol. The first-order valence-electron chi connectivity index (χ1n) is 30.7. The van der Waals surface area contributed by atoms with Crippen molar-refractivity contribution in [2.75, 3.05) is 40.6 Å². The Morgan fingerprint density at radius 1 is 0.549 bits per heavy atom. The number of carbonyl (C=O) groups is 4. The van der Waals surface area contributed by atoms with Gasteiger partial charge in [0.2, 0.25) is 0 Å². The number of hydrogen-bond donors (Lipinski definition) is 11. The number of rotatable bonds is 25. The van der Waals surface area contributed by atoms with Gasteiger partial charge in [-0.05, 0) is 115 Å². The number of carboxylic acid groups (broad SMARTS) is 1. The molecule has 0 amide bonds. The largest absolute Gasteiger partial charge is 0.508 e. The Balaban J connectivity index is 0.000000281. The quantitative estimate of drug-likeness (QED) is 0.0101. The zero-order valence-corrected chi connectivity index (χ0v) is 52.1. The van der Waals surface area contributed by atoms with Gasteiger partial charge in [-0.15, -0.1) is 0 Å². The lowest BCUT2D eigenvalue weighted by Gasteiger charge is -2.43. The summed E-state index contributed by atoms with van der Waals surface area (Å²) in [5, 5.41) is 98.7. The molecule has 0 spiro atoms. The van der Waals surface area contributed by atoms with Crippen LogP contribution in [0.25, 0.3) is 12.2 Å². The van der Waals surface area contributed by atoms with Gasteiger partial charge in [-0.3, -0.25) is 9.63 Å². The topological polar surface area (TPSA) is 366 Å². The van der Waals surface area contributed by atoms with E-state index in [2.05, 4.69) is 5.48 Å². The average Bonchev–Trinajstić information content (AvgIpc) is 0.935. The second kappa shape index (κ2) is 39.9. The van der Waals surface area contributed by atoms with Crippen LogP contribution in [0.15, 0.2) is 84.9 Å². The number of methoxy groups -OCH3 is 2. The number of esters is 2. The number of phenolic OH excluding ortho intramolecular Hbond substituents is 6. The summed E-state index contributed by atoms with van der Waals surface area (Å²) < 4.78 is 44.5. The lowest BCUT2D eigenvalue weighted by molar-refractivity contribution is -0.309. The van der Waals surface area contributed by atoms with E-state index in [1.165, 1.54) is 140 Å². The molecule has 3 aliphatic carbocycles. The van der Waals surface area contributed by atoms with Gasteiger partial charge in [-0.25, -0.2) is 9.59 Å². The summed E-state index contributed by atoms with van der Waals surface area (Å²) in [6.45, 7) is 3.14. The van der Waals surface area contributed by atoms with Crippen LogP contribution in [0.4, 0.5) is 0 Å². The predicted octanol–water partition coefficient (Wildman–Crippen LogP) is 7.42. The maximum absolute atomic E-state index is 12.8. The van der Waals surface area contributed by atoms with Gasteiger partial charge in [0.15, 0.2) is 41.7 Å². The molecule has 24 heteroatoms. The number of aldehydes is 1. The highest BCUT2D eigenvalue weighted by Crippen LogP contribution is 2.31. The van der Waals surface area contributed by atoms with Gasteiger partial charge in [-0.2, -0.15) is 5.48 Å². The number of hydrogen-bond acceptors (Lipinski definition) is 23. The van der Waals surface area contributed by atoms with E-state index >= 15 is 0 Å². The molecule has 5 aliphatic rings. The molecule has 0 aromatic heterocycles. The summed E-state index contributed by atoms with van der Waals surface area (Å²) in [4.78, 5) is 52.5. The Labute approximate surface area is 530 Å². The molecule has 24 nitrogen and oxygen atoms in total. The minimum absolute atomic E-state index is 0.0416. The molecule has 11 atom stereocenters. The first-order chi connectivity index (χ1) is 43.7. The number of carboxylic acids is 1.